The Hall–Kier alpha value is -3.64. The molecule has 1 aliphatic rings. The quantitative estimate of drug-likeness (QED) is 0.211. The van der Waals surface area contributed by atoms with Crippen molar-refractivity contribution in [2.45, 2.75) is 38.9 Å². The van der Waals surface area contributed by atoms with Crippen LogP contribution in [0.3, 0.4) is 0 Å². The Kier molecular flexibility index (Phi) is 4.74. The molecule has 0 atom stereocenters. The SMILES string of the molecule is CC1(C)OB(c2ccc(-c3cccc4sc5ccccc5c34)c3oc4cc5ccccc5cc4c23)OC1(C)C. The molecule has 3 nitrogen and oxygen atoms in total. The van der Waals surface area contributed by atoms with Crippen molar-refractivity contribution in [1.82, 2.24) is 0 Å². The van der Waals surface area contributed by atoms with E-state index >= 15 is 0 Å². The molecule has 1 fully saturated rings. The summed E-state index contributed by atoms with van der Waals surface area (Å²) in [6, 6.07) is 32.4. The molecule has 5 heteroatoms. The summed E-state index contributed by atoms with van der Waals surface area (Å²) >= 11 is 1.83. The molecule has 0 unspecified atom stereocenters. The van der Waals surface area contributed by atoms with Gasteiger partial charge in [-0.05, 0) is 73.8 Å². The Labute approximate surface area is 231 Å². The summed E-state index contributed by atoms with van der Waals surface area (Å²) in [7, 11) is -0.489. The van der Waals surface area contributed by atoms with Crippen LogP contribution in [0.4, 0.5) is 0 Å². The molecule has 5 aromatic carbocycles. The van der Waals surface area contributed by atoms with E-state index in [1.54, 1.807) is 0 Å². The van der Waals surface area contributed by atoms with Crippen LogP contribution in [-0.4, -0.2) is 18.3 Å². The maximum absolute atomic E-state index is 6.78. The van der Waals surface area contributed by atoms with Crippen LogP contribution in [-0.2, 0) is 9.31 Å². The first-order valence-corrected chi connectivity index (χ1v) is 14.3. The molecule has 1 saturated heterocycles. The number of hydrogen-bond donors (Lipinski definition) is 0. The first-order chi connectivity index (χ1) is 18.8. The van der Waals surface area contributed by atoms with E-state index in [2.05, 4.69) is 119 Å². The van der Waals surface area contributed by atoms with E-state index in [-0.39, 0.29) is 0 Å². The fourth-order valence-electron chi connectivity index (χ4n) is 5.97. The van der Waals surface area contributed by atoms with Gasteiger partial charge in [-0.25, -0.2) is 0 Å². The van der Waals surface area contributed by atoms with Crippen LogP contribution in [0.1, 0.15) is 27.7 Å². The zero-order valence-electron chi connectivity index (χ0n) is 22.4. The van der Waals surface area contributed by atoms with Crippen molar-refractivity contribution >= 4 is 76.8 Å². The fourth-order valence-corrected chi connectivity index (χ4v) is 7.10. The van der Waals surface area contributed by atoms with Crippen LogP contribution in [0.25, 0.3) is 64.0 Å². The Balaban J connectivity index is 1.47. The Morgan fingerprint density at radius 2 is 1.31 bits per heavy atom. The van der Waals surface area contributed by atoms with Gasteiger partial charge in [0.1, 0.15) is 11.2 Å². The second-order valence-corrected chi connectivity index (χ2v) is 12.7. The second kappa shape index (κ2) is 7.95. The van der Waals surface area contributed by atoms with Crippen molar-refractivity contribution in [3.8, 4) is 11.1 Å². The maximum Gasteiger partial charge on any atom is 0.495 e. The largest absolute Gasteiger partial charge is 0.495 e. The highest BCUT2D eigenvalue weighted by molar-refractivity contribution is 7.25. The molecule has 0 aliphatic carbocycles. The molecule has 0 amide bonds. The van der Waals surface area contributed by atoms with Crippen LogP contribution in [0.5, 0.6) is 0 Å². The second-order valence-electron chi connectivity index (χ2n) is 11.6. The number of thiophene rings is 1. The van der Waals surface area contributed by atoms with Crippen LogP contribution in [0.15, 0.2) is 95.4 Å². The van der Waals surface area contributed by atoms with Gasteiger partial charge in [-0.2, -0.15) is 0 Å². The molecule has 1 aliphatic heterocycles. The van der Waals surface area contributed by atoms with Crippen LogP contribution in [0, 0.1) is 0 Å². The van der Waals surface area contributed by atoms with Gasteiger partial charge < -0.3 is 13.7 Å². The lowest BCUT2D eigenvalue weighted by Crippen LogP contribution is -2.41. The van der Waals surface area contributed by atoms with E-state index < -0.39 is 18.3 Å². The first kappa shape index (κ1) is 23.3. The van der Waals surface area contributed by atoms with Crippen molar-refractivity contribution in [3.05, 3.63) is 91.0 Å². The predicted octanol–water partition coefficient (Wildman–Crippen LogP) is 9.07. The minimum absolute atomic E-state index is 0.434. The summed E-state index contributed by atoms with van der Waals surface area (Å²) in [4.78, 5) is 0. The number of benzene rings is 5. The summed E-state index contributed by atoms with van der Waals surface area (Å²) in [6.45, 7) is 8.40. The smallest absolute Gasteiger partial charge is 0.455 e. The van der Waals surface area contributed by atoms with Gasteiger partial charge in [0.2, 0.25) is 0 Å². The van der Waals surface area contributed by atoms with Gasteiger partial charge in [0.25, 0.3) is 0 Å². The zero-order chi connectivity index (χ0) is 26.5. The molecule has 190 valence electrons. The highest BCUT2D eigenvalue weighted by Gasteiger charge is 2.52. The Morgan fingerprint density at radius 3 is 2.10 bits per heavy atom. The topological polar surface area (TPSA) is 31.6 Å². The molecule has 0 N–H and O–H groups in total. The van der Waals surface area contributed by atoms with Crippen molar-refractivity contribution in [1.29, 1.82) is 0 Å². The summed E-state index contributed by atoms with van der Waals surface area (Å²) < 4.78 is 22.5. The van der Waals surface area contributed by atoms with E-state index in [4.69, 9.17) is 13.7 Å². The molecule has 0 spiro atoms. The molecular formula is C34H27BO3S. The van der Waals surface area contributed by atoms with Crippen LogP contribution >= 0.6 is 11.3 Å². The number of rotatable bonds is 2. The van der Waals surface area contributed by atoms with E-state index in [1.165, 1.54) is 31.1 Å². The lowest BCUT2D eigenvalue weighted by Gasteiger charge is -2.32. The maximum atomic E-state index is 6.78. The summed E-state index contributed by atoms with van der Waals surface area (Å²) in [5.41, 5.74) is 4.14. The third kappa shape index (κ3) is 3.30. The summed E-state index contributed by atoms with van der Waals surface area (Å²) in [6.07, 6.45) is 0. The van der Waals surface area contributed by atoms with Crippen molar-refractivity contribution in [2.24, 2.45) is 0 Å². The van der Waals surface area contributed by atoms with Gasteiger partial charge in [-0.3, -0.25) is 0 Å². The van der Waals surface area contributed by atoms with Crippen LogP contribution < -0.4 is 5.46 Å². The van der Waals surface area contributed by atoms with E-state index in [0.717, 1.165) is 38.4 Å². The third-order valence-electron chi connectivity index (χ3n) is 8.72. The predicted molar refractivity (Wildman–Crippen MR) is 165 cm³/mol. The van der Waals surface area contributed by atoms with Gasteiger partial charge in [-0.15, -0.1) is 11.3 Å². The van der Waals surface area contributed by atoms with Crippen molar-refractivity contribution in [2.75, 3.05) is 0 Å². The molecule has 2 aromatic heterocycles. The normalized spacial score (nSPS) is 16.9. The third-order valence-corrected chi connectivity index (χ3v) is 9.86. The van der Waals surface area contributed by atoms with Gasteiger partial charge in [0, 0.05) is 36.5 Å². The molecule has 7 aromatic rings. The molecule has 3 heterocycles. The van der Waals surface area contributed by atoms with Crippen LogP contribution in [0.2, 0.25) is 0 Å². The lowest BCUT2D eigenvalue weighted by atomic mass is 9.75. The molecule has 0 radical (unpaired) electrons. The molecular weight excluding hydrogens is 499 g/mol. The van der Waals surface area contributed by atoms with Gasteiger partial charge in [0.15, 0.2) is 0 Å². The first-order valence-electron chi connectivity index (χ1n) is 13.4. The van der Waals surface area contributed by atoms with Gasteiger partial charge in [0.05, 0.1) is 11.2 Å². The highest BCUT2D eigenvalue weighted by atomic mass is 32.1. The van der Waals surface area contributed by atoms with Crippen molar-refractivity contribution in [3.63, 3.8) is 0 Å². The standard InChI is InChI=1S/C34H27BO3S/c1-33(2)34(3,4)38-35(37-33)26-17-16-23(22-13-9-15-29-30(22)24-12-7-8-14-28(24)39-29)32-31(26)25-18-20-10-5-6-11-21(20)19-27(25)36-32/h5-19H,1-4H3. The average molecular weight is 526 g/mol. The number of furan rings is 1. The molecule has 0 saturated carbocycles. The summed E-state index contributed by atoms with van der Waals surface area (Å²) in [5, 5.41) is 7.03. The van der Waals surface area contributed by atoms with Crippen molar-refractivity contribution < 1.29 is 13.7 Å². The van der Waals surface area contributed by atoms with Gasteiger partial charge in [-0.1, -0.05) is 66.7 Å². The lowest BCUT2D eigenvalue weighted by molar-refractivity contribution is 0.00578. The fraction of sp³-hybridized carbons (Fsp3) is 0.176. The molecule has 39 heavy (non-hydrogen) atoms. The minimum Gasteiger partial charge on any atom is -0.455 e. The Bertz CT molecular complexity index is 2080. The molecule has 0 bridgehead atoms. The minimum atomic E-state index is -0.489. The monoisotopic (exact) mass is 526 g/mol. The molecule has 8 rings (SSSR count). The number of fused-ring (bicyclic) bond motifs is 7. The summed E-state index contributed by atoms with van der Waals surface area (Å²) in [5.74, 6) is 0. The van der Waals surface area contributed by atoms with E-state index in [0.29, 0.717) is 0 Å². The number of hydrogen-bond acceptors (Lipinski definition) is 4. The highest BCUT2D eigenvalue weighted by Crippen LogP contribution is 2.44. The van der Waals surface area contributed by atoms with E-state index in [9.17, 15) is 0 Å². The Morgan fingerprint density at radius 1 is 0.615 bits per heavy atom. The van der Waals surface area contributed by atoms with Gasteiger partial charge >= 0.3 is 7.12 Å². The average Bonchev–Trinajstić information content (AvgIpc) is 3.55. The zero-order valence-corrected chi connectivity index (χ0v) is 23.2. The van der Waals surface area contributed by atoms with E-state index in [1.807, 2.05) is 11.3 Å².